The van der Waals surface area contributed by atoms with E-state index in [4.69, 9.17) is 23.1 Å². The SMILES string of the molecule is COc1c(OCc2ccccc2)cc(I)c(CC(=O)C2=C[C@H](O[Si](C)(C)C(C)(C)C)C[C@@H]2O[Si](C)(C)C(C)(C)C)c1OC. The van der Waals surface area contributed by atoms with Crippen molar-refractivity contribution < 1.29 is 27.9 Å². The van der Waals surface area contributed by atoms with Crippen molar-refractivity contribution in [3.63, 3.8) is 0 Å². The van der Waals surface area contributed by atoms with Crippen LogP contribution in [0.2, 0.25) is 36.3 Å². The molecule has 0 aliphatic heterocycles. The number of hydrogen-bond donors (Lipinski definition) is 0. The summed E-state index contributed by atoms with van der Waals surface area (Å²) in [5, 5.41) is 0.0782. The summed E-state index contributed by atoms with van der Waals surface area (Å²) < 4.78 is 32.3. The molecule has 2 aromatic carbocycles. The van der Waals surface area contributed by atoms with Gasteiger partial charge in [0, 0.05) is 27.5 Å². The van der Waals surface area contributed by atoms with Crippen molar-refractivity contribution in [2.45, 2.75) is 109 Å². The predicted octanol–water partition coefficient (Wildman–Crippen LogP) is 9.11. The molecule has 0 bridgehead atoms. The van der Waals surface area contributed by atoms with Crippen molar-refractivity contribution in [3.05, 3.63) is 62.7 Å². The van der Waals surface area contributed by atoms with Crippen molar-refractivity contribution in [1.82, 2.24) is 0 Å². The fraction of sp³-hybridized carbons (Fsp3) is 0.559. The molecule has 9 heteroatoms. The van der Waals surface area contributed by atoms with Gasteiger partial charge in [0.1, 0.15) is 6.61 Å². The summed E-state index contributed by atoms with van der Waals surface area (Å²) in [4.78, 5) is 14.2. The fourth-order valence-electron chi connectivity index (χ4n) is 4.57. The van der Waals surface area contributed by atoms with E-state index in [2.05, 4.69) is 90.3 Å². The van der Waals surface area contributed by atoms with Crippen LogP contribution in [0.4, 0.5) is 0 Å². The maximum absolute atomic E-state index is 14.2. The molecule has 0 spiro atoms. The fourth-order valence-corrected chi connectivity index (χ4v) is 7.85. The molecule has 2 aromatic rings. The lowest BCUT2D eigenvalue weighted by Gasteiger charge is -2.40. The highest BCUT2D eigenvalue weighted by Gasteiger charge is 2.45. The van der Waals surface area contributed by atoms with Gasteiger partial charge in [0.25, 0.3) is 0 Å². The molecule has 1 aliphatic rings. The molecule has 0 saturated carbocycles. The van der Waals surface area contributed by atoms with Gasteiger partial charge in [-0.3, -0.25) is 4.79 Å². The Hall–Kier alpha value is -1.67. The maximum atomic E-state index is 14.2. The van der Waals surface area contributed by atoms with E-state index < -0.39 is 16.6 Å². The molecule has 0 unspecified atom stereocenters. The Balaban J connectivity index is 1.95. The molecule has 2 atom stereocenters. The highest BCUT2D eigenvalue weighted by Crippen LogP contribution is 2.45. The third-order valence-electron chi connectivity index (χ3n) is 9.21. The van der Waals surface area contributed by atoms with Crippen LogP contribution >= 0.6 is 22.6 Å². The molecule has 0 saturated heterocycles. The first-order valence-electron chi connectivity index (χ1n) is 15.0. The van der Waals surface area contributed by atoms with E-state index in [1.165, 1.54) is 0 Å². The molecule has 0 N–H and O–H groups in total. The second-order valence-electron chi connectivity index (χ2n) is 14.4. The number of halogens is 1. The van der Waals surface area contributed by atoms with Gasteiger partial charge in [-0.15, -0.1) is 0 Å². The number of carbonyl (C=O) groups is 1. The molecule has 3 rings (SSSR count). The van der Waals surface area contributed by atoms with E-state index in [0.717, 1.165) is 14.7 Å². The molecule has 238 valence electrons. The Morgan fingerprint density at radius 2 is 1.44 bits per heavy atom. The van der Waals surface area contributed by atoms with Gasteiger partial charge in [-0.05, 0) is 76.6 Å². The van der Waals surface area contributed by atoms with Gasteiger partial charge in [-0.2, -0.15) is 0 Å². The predicted molar refractivity (Wildman–Crippen MR) is 189 cm³/mol. The second-order valence-corrected chi connectivity index (χ2v) is 25.1. The summed E-state index contributed by atoms with van der Waals surface area (Å²) in [6, 6.07) is 11.9. The lowest BCUT2D eigenvalue weighted by Crippen LogP contribution is -2.45. The molecular weight excluding hydrogens is 687 g/mol. The number of rotatable bonds is 12. The summed E-state index contributed by atoms with van der Waals surface area (Å²) >= 11 is 2.26. The van der Waals surface area contributed by atoms with Gasteiger partial charge in [0.2, 0.25) is 5.75 Å². The van der Waals surface area contributed by atoms with Crippen molar-refractivity contribution >= 4 is 45.0 Å². The summed E-state index contributed by atoms with van der Waals surface area (Å²) in [6.07, 6.45) is 2.40. The van der Waals surface area contributed by atoms with E-state index in [1.807, 2.05) is 42.5 Å². The molecule has 0 amide bonds. The summed E-state index contributed by atoms with van der Waals surface area (Å²) in [5.74, 6) is 1.59. The van der Waals surface area contributed by atoms with Crippen molar-refractivity contribution in [1.29, 1.82) is 0 Å². The average molecular weight is 739 g/mol. The first kappa shape index (κ1) is 35.8. The van der Waals surface area contributed by atoms with Crippen LogP contribution in [-0.2, 0) is 26.7 Å². The van der Waals surface area contributed by atoms with Crippen LogP contribution in [-0.4, -0.2) is 48.8 Å². The number of ketones is 1. The third kappa shape index (κ3) is 8.53. The van der Waals surface area contributed by atoms with Crippen molar-refractivity contribution in [3.8, 4) is 17.2 Å². The van der Waals surface area contributed by atoms with Gasteiger partial charge in [-0.1, -0.05) is 71.9 Å². The van der Waals surface area contributed by atoms with Gasteiger partial charge in [0.15, 0.2) is 33.9 Å². The molecule has 0 fully saturated rings. The largest absolute Gasteiger partial charge is 0.492 e. The third-order valence-corrected chi connectivity index (χ3v) is 19.2. The highest BCUT2D eigenvalue weighted by molar-refractivity contribution is 14.1. The Morgan fingerprint density at radius 1 is 0.884 bits per heavy atom. The monoisotopic (exact) mass is 738 g/mol. The quantitative estimate of drug-likeness (QED) is 0.160. The van der Waals surface area contributed by atoms with Crippen molar-refractivity contribution in [2.24, 2.45) is 0 Å². The van der Waals surface area contributed by atoms with Crippen LogP contribution in [0.3, 0.4) is 0 Å². The van der Waals surface area contributed by atoms with E-state index in [0.29, 0.717) is 35.8 Å². The van der Waals surface area contributed by atoms with Gasteiger partial charge in [-0.25, -0.2) is 0 Å². The zero-order valence-corrected chi connectivity index (χ0v) is 32.3. The normalized spacial score (nSPS) is 17.9. The van der Waals surface area contributed by atoms with Crippen LogP contribution in [0.5, 0.6) is 17.2 Å². The Kier molecular flexibility index (Phi) is 11.5. The highest BCUT2D eigenvalue weighted by atomic mass is 127. The lowest BCUT2D eigenvalue weighted by molar-refractivity contribution is -0.115. The Labute approximate surface area is 275 Å². The number of ether oxygens (including phenoxy) is 3. The summed E-state index contributed by atoms with van der Waals surface area (Å²) in [6.45, 7) is 22.8. The molecule has 0 heterocycles. The maximum Gasteiger partial charge on any atom is 0.203 e. The number of hydrogen-bond acceptors (Lipinski definition) is 6. The summed E-state index contributed by atoms with van der Waals surface area (Å²) in [7, 11) is -1.03. The van der Waals surface area contributed by atoms with Gasteiger partial charge in [0.05, 0.1) is 26.4 Å². The molecule has 0 radical (unpaired) electrons. The van der Waals surface area contributed by atoms with E-state index in [9.17, 15) is 4.79 Å². The van der Waals surface area contributed by atoms with E-state index in [-0.39, 0.29) is 34.5 Å². The molecular formula is C34H51IO6Si2. The molecule has 43 heavy (non-hydrogen) atoms. The number of benzene rings is 2. The van der Waals surface area contributed by atoms with Gasteiger partial charge >= 0.3 is 0 Å². The zero-order valence-electron chi connectivity index (χ0n) is 28.1. The second kappa shape index (κ2) is 13.8. The molecule has 0 aromatic heterocycles. The van der Waals surface area contributed by atoms with Crippen LogP contribution in [0.25, 0.3) is 0 Å². The topological polar surface area (TPSA) is 63.2 Å². The number of methoxy groups -OCH3 is 2. The van der Waals surface area contributed by atoms with E-state index >= 15 is 0 Å². The van der Waals surface area contributed by atoms with Crippen LogP contribution in [0.15, 0.2) is 48.0 Å². The number of Topliss-reactive ketones (excluding diaryl/α,β-unsaturated/α-hetero) is 1. The first-order chi connectivity index (χ1) is 19.8. The zero-order chi connectivity index (χ0) is 32.4. The van der Waals surface area contributed by atoms with Crippen LogP contribution in [0, 0.1) is 3.57 Å². The lowest BCUT2D eigenvalue weighted by atomic mass is 10.00. The smallest absolute Gasteiger partial charge is 0.203 e. The minimum Gasteiger partial charge on any atom is -0.492 e. The molecule has 1 aliphatic carbocycles. The van der Waals surface area contributed by atoms with Gasteiger partial charge < -0.3 is 23.1 Å². The van der Waals surface area contributed by atoms with E-state index in [1.54, 1.807) is 14.2 Å². The number of carbonyl (C=O) groups excluding carboxylic acids is 1. The minimum absolute atomic E-state index is 0.0150. The Morgan fingerprint density at radius 3 is 1.98 bits per heavy atom. The standard InChI is InChI=1S/C34H51IO6Si2/c1-33(2,3)42(9,10)40-24-18-26(29(19-24)41-43(11,12)34(4,5)6)28(36)20-25-27(35)21-30(32(38-8)31(25)37-7)39-22-23-16-14-13-15-17-23/h13-18,21,24,29H,19-20,22H2,1-12H3/t24-,29-/m0/s1. The first-order valence-corrected chi connectivity index (χ1v) is 21.9. The van der Waals surface area contributed by atoms with Crippen molar-refractivity contribution in [2.75, 3.05) is 14.2 Å². The van der Waals surface area contributed by atoms with Crippen LogP contribution in [0.1, 0.15) is 59.1 Å². The summed E-state index contributed by atoms with van der Waals surface area (Å²) in [5.41, 5.74) is 2.53. The van der Waals surface area contributed by atoms with Crippen LogP contribution < -0.4 is 14.2 Å². The average Bonchev–Trinajstić information content (AvgIpc) is 3.28. The Bertz CT molecular complexity index is 1310. The molecule has 6 nitrogen and oxygen atoms in total. The minimum atomic E-state index is -2.16.